The fraction of sp³-hybridized carbons (Fsp3) is 0.500. The summed E-state index contributed by atoms with van der Waals surface area (Å²) in [6, 6.07) is 9.77. The van der Waals surface area contributed by atoms with Crippen LogP contribution in [-0.4, -0.2) is 21.4 Å². The Labute approximate surface area is 172 Å². The minimum atomic E-state index is -0.563. The van der Waals surface area contributed by atoms with Crippen LogP contribution in [0.25, 0.3) is 6.08 Å². The van der Waals surface area contributed by atoms with E-state index in [-0.39, 0.29) is 16.8 Å². The average molecular weight is 403 g/mol. The molecule has 0 aliphatic carbocycles. The quantitative estimate of drug-likeness (QED) is 0.409. The molecule has 2 aromatic rings. The maximum absolute atomic E-state index is 13.1. The summed E-state index contributed by atoms with van der Waals surface area (Å²) in [5.41, 5.74) is 0.524. The molecular formula is C22H30N2O3S. The number of nitrogens with zero attached hydrogens (tertiary/aromatic N) is 2. The molecule has 2 rings (SSSR count). The largest absolute Gasteiger partial charge is 0.460 e. The van der Waals surface area contributed by atoms with Crippen molar-refractivity contribution in [2.45, 2.75) is 59.1 Å². The fourth-order valence-corrected chi connectivity index (χ4v) is 3.29. The molecule has 152 valence electrons. The van der Waals surface area contributed by atoms with Gasteiger partial charge < -0.3 is 9.15 Å². The van der Waals surface area contributed by atoms with E-state index in [2.05, 4.69) is 18.9 Å². The molecule has 0 aliphatic heterocycles. The van der Waals surface area contributed by atoms with E-state index in [0.29, 0.717) is 12.3 Å². The molecule has 0 spiro atoms. The van der Waals surface area contributed by atoms with Crippen molar-refractivity contribution >= 4 is 24.3 Å². The number of hydrogen-bond acceptors (Lipinski definition) is 5. The molecule has 1 aromatic heterocycles. The van der Waals surface area contributed by atoms with Gasteiger partial charge in [0.25, 0.3) is 4.84 Å². The second-order valence-electron chi connectivity index (χ2n) is 8.33. The van der Waals surface area contributed by atoms with Gasteiger partial charge in [0, 0.05) is 0 Å². The van der Waals surface area contributed by atoms with Gasteiger partial charge in [-0.2, -0.15) is 0 Å². The lowest BCUT2D eigenvalue weighted by molar-refractivity contribution is -0.162. The van der Waals surface area contributed by atoms with E-state index in [0.717, 1.165) is 12.0 Å². The van der Waals surface area contributed by atoms with E-state index in [9.17, 15) is 4.79 Å². The summed E-state index contributed by atoms with van der Waals surface area (Å²) in [5.74, 6) is -0.314. The van der Waals surface area contributed by atoms with Crippen LogP contribution in [-0.2, 0) is 9.53 Å². The Morgan fingerprint density at radius 3 is 2.50 bits per heavy atom. The van der Waals surface area contributed by atoms with E-state index < -0.39 is 11.5 Å². The van der Waals surface area contributed by atoms with E-state index in [1.54, 1.807) is 4.68 Å². The van der Waals surface area contributed by atoms with Crippen molar-refractivity contribution in [3.63, 3.8) is 0 Å². The van der Waals surface area contributed by atoms with Gasteiger partial charge in [0.1, 0.15) is 5.60 Å². The number of carbonyl (C=O) groups excluding carboxylic acids is 1. The molecule has 0 N–H and O–H groups in total. The Hall–Kier alpha value is -2.21. The normalized spacial score (nSPS) is 14.4. The first-order valence-electron chi connectivity index (χ1n) is 9.64. The van der Waals surface area contributed by atoms with Crippen molar-refractivity contribution in [3.05, 3.63) is 53.2 Å². The number of allylic oxidation sites excluding steroid dienone is 1. The van der Waals surface area contributed by atoms with Gasteiger partial charge >= 0.3 is 5.97 Å². The monoisotopic (exact) mass is 402 g/mol. The zero-order chi connectivity index (χ0) is 20.7. The smallest absolute Gasteiger partial charge is 0.311 e. The van der Waals surface area contributed by atoms with Crippen LogP contribution >= 0.6 is 12.2 Å². The summed E-state index contributed by atoms with van der Waals surface area (Å²) < 4.78 is 12.6. The Kier molecular flexibility index (Phi) is 7.75. The number of esters is 1. The van der Waals surface area contributed by atoms with Gasteiger partial charge in [-0.05, 0) is 57.3 Å². The SMILES string of the molecule is CC(C)C[C@H]([C@H](C/C=C/c1ccccc1)C(=O)OC(C)(C)C)n1ncoc1=S. The van der Waals surface area contributed by atoms with Gasteiger partial charge in [-0.25, -0.2) is 4.68 Å². The predicted molar refractivity (Wildman–Crippen MR) is 113 cm³/mol. The summed E-state index contributed by atoms with van der Waals surface area (Å²) in [5, 5.41) is 4.25. The third-order valence-electron chi connectivity index (χ3n) is 4.21. The molecule has 6 heteroatoms. The lowest BCUT2D eigenvalue weighted by Crippen LogP contribution is -2.34. The molecule has 0 aliphatic rings. The topological polar surface area (TPSA) is 57.3 Å². The van der Waals surface area contributed by atoms with E-state index in [1.165, 1.54) is 6.39 Å². The highest BCUT2D eigenvalue weighted by Gasteiger charge is 2.34. The summed E-state index contributed by atoms with van der Waals surface area (Å²) in [7, 11) is 0. The zero-order valence-electron chi connectivity index (χ0n) is 17.3. The van der Waals surface area contributed by atoms with Crippen LogP contribution < -0.4 is 0 Å². The van der Waals surface area contributed by atoms with Gasteiger partial charge in [-0.1, -0.05) is 56.3 Å². The standard InChI is InChI=1S/C22H30N2O3S/c1-16(2)14-19(24-21(28)26-15-23-24)18(20(25)27-22(3,4)5)13-9-12-17-10-7-6-8-11-17/h6-12,15-16,18-19H,13-14H2,1-5H3/b12-9+/t18-,19+/m0/s1. The molecule has 5 nitrogen and oxygen atoms in total. The Morgan fingerprint density at radius 2 is 1.96 bits per heavy atom. The zero-order valence-corrected chi connectivity index (χ0v) is 18.1. The van der Waals surface area contributed by atoms with Crippen molar-refractivity contribution < 1.29 is 13.9 Å². The Morgan fingerprint density at radius 1 is 1.29 bits per heavy atom. The fourth-order valence-electron chi connectivity index (χ4n) is 3.06. The number of benzene rings is 1. The first-order chi connectivity index (χ1) is 13.2. The molecule has 2 atom stereocenters. The molecule has 0 radical (unpaired) electrons. The highest BCUT2D eigenvalue weighted by molar-refractivity contribution is 7.71. The second kappa shape index (κ2) is 9.82. The molecule has 0 amide bonds. The van der Waals surface area contributed by atoms with Crippen LogP contribution in [0.5, 0.6) is 0 Å². The molecule has 1 aromatic carbocycles. The van der Waals surface area contributed by atoms with Gasteiger partial charge in [0.15, 0.2) is 0 Å². The van der Waals surface area contributed by atoms with Crippen LogP contribution in [0.2, 0.25) is 0 Å². The Bertz CT molecular complexity index is 831. The van der Waals surface area contributed by atoms with Crippen LogP contribution in [0.1, 0.15) is 59.1 Å². The van der Waals surface area contributed by atoms with E-state index in [4.69, 9.17) is 21.4 Å². The lowest BCUT2D eigenvalue weighted by Gasteiger charge is -2.29. The highest BCUT2D eigenvalue weighted by Crippen LogP contribution is 2.31. The van der Waals surface area contributed by atoms with Gasteiger partial charge in [0.05, 0.1) is 12.0 Å². The molecule has 0 fully saturated rings. The number of aromatic nitrogens is 2. The van der Waals surface area contributed by atoms with Crippen LogP contribution in [0, 0.1) is 16.7 Å². The van der Waals surface area contributed by atoms with E-state index >= 15 is 0 Å². The third-order valence-corrected chi connectivity index (χ3v) is 4.50. The molecular weight excluding hydrogens is 372 g/mol. The third kappa shape index (κ3) is 6.75. The number of carbonyl (C=O) groups is 1. The van der Waals surface area contributed by atoms with Gasteiger partial charge in [-0.3, -0.25) is 4.79 Å². The molecule has 1 heterocycles. The summed E-state index contributed by atoms with van der Waals surface area (Å²) in [6.07, 6.45) is 6.62. The van der Waals surface area contributed by atoms with Crippen LogP contribution in [0.15, 0.2) is 47.2 Å². The number of hydrogen-bond donors (Lipinski definition) is 0. The van der Waals surface area contributed by atoms with Crippen molar-refractivity contribution in [3.8, 4) is 0 Å². The van der Waals surface area contributed by atoms with Crippen molar-refractivity contribution in [1.82, 2.24) is 9.78 Å². The van der Waals surface area contributed by atoms with Gasteiger partial charge in [-0.15, -0.1) is 5.10 Å². The minimum absolute atomic E-state index is 0.235. The maximum Gasteiger partial charge on any atom is 0.311 e. The maximum atomic E-state index is 13.1. The van der Waals surface area contributed by atoms with Gasteiger partial charge in [0.2, 0.25) is 6.39 Å². The molecule has 0 bridgehead atoms. The minimum Gasteiger partial charge on any atom is -0.460 e. The molecule has 0 saturated heterocycles. The first-order valence-corrected chi connectivity index (χ1v) is 10.0. The number of rotatable bonds is 8. The van der Waals surface area contributed by atoms with Crippen molar-refractivity contribution in [1.29, 1.82) is 0 Å². The van der Waals surface area contributed by atoms with Crippen LogP contribution in [0.4, 0.5) is 0 Å². The lowest BCUT2D eigenvalue weighted by atomic mass is 9.89. The number of ether oxygens (including phenoxy) is 1. The molecule has 0 unspecified atom stereocenters. The second-order valence-corrected chi connectivity index (χ2v) is 8.68. The average Bonchev–Trinajstić information content (AvgIpc) is 3.02. The first kappa shape index (κ1) is 22.1. The summed E-state index contributed by atoms with van der Waals surface area (Å²) >= 11 is 5.28. The molecule has 0 saturated carbocycles. The van der Waals surface area contributed by atoms with E-state index in [1.807, 2.05) is 63.3 Å². The summed E-state index contributed by atoms with van der Waals surface area (Å²) in [6.45, 7) is 9.86. The molecule has 28 heavy (non-hydrogen) atoms. The predicted octanol–water partition coefficient (Wildman–Crippen LogP) is 5.85. The van der Waals surface area contributed by atoms with Crippen molar-refractivity contribution in [2.75, 3.05) is 0 Å². The summed E-state index contributed by atoms with van der Waals surface area (Å²) in [4.78, 5) is 13.3. The Balaban J connectivity index is 2.33. The highest BCUT2D eigenvalue weighted by atomic mass is 32.1. The van der Waals surface area contributed by atoms with Crippen LogP contribution in [0.3, 0.4) is 0 Å². The van der Waals surface area contributed by atoms with Crippen molar-refractivity contribution in [2.24, 2.45) is 11.8 Å².